The summed E-state index contributed by atoms with van der Waals surface area (Å²) in [4.78, 5) is 0. The average Bonchev–Trinajstić information content (AvgIpc) is 2.30. The molecule has 1 heteroatoms. The number of hydrogen-bond donors (Lipinski definition) is 1. The molecule has 1 N–H and O–H groups in total. The molecular weight excluding hydrogens is 196 g/mol. The minimum Gasteiger partial charge on any atom is -0.393 e. The predicted octanol–water partition coefficient (Wildman–Crippen LogP) is 4.53. The van der Waals surface area contributed by atoms with Crippen molar-refractivity contribution in [2.24, 2.45) is 11.8 Å². The largest absolute Gasteiger partial charge is 0.393 e. The van der Waals surface area contributed by atoms with E-state index in [0.29, 0.717) is 5.92 Å². The fourth-order valence-corrected chi connectivity index (χ4v) is 3.11. The Morgan fingerprint density at radius 3 is 2.25 bits per heavy atom. The van der Waals surface area contributed by atoms with E-state index in [-0.39, 0.29) is 6.10 Å². The first kappa shape index (κ1) is 14.0. The molecule has 0 saturated heterocycles. The molecule has 1 fully saturated rings. The van der Waals surface area contributed by atoms with Crippen molar-refractivity contribution in [1.82, 2.24) is 0 Å². The molecule has 0 amide bonds. The number of rotatable bonds is 7. The predicted molar refractivity (Wildman–Crippen MR) is 70.5 cm³/mol. The van der Waals surface area contributed by atoms with Crippen LogP contribution in [0.1, 0.15) is 78.1 Å². The van der Waals surface area contributed by atoms with E-state index in [1.807, 2.05) is 0 Å². The molecule has 1 aliphatic carbocycles. The maximum atomic E-state index is 10.1. The molecule has 0 aliphatic heterocycles. The van der Waals surface area contributed by atoms with Gasteiger partial charge in [0.15, 0.2) is 0 Å². The van der Waals surface area contributed by atoms with Gasteiger partial charge in [-0.3, -0.25) is 0 Å². The minimum atomic E-state index is -0.00544. The highest BCUT2D eigenvalue weighted by atomic mass is 16.3. The molecule has 0 spiro atoms. The lowest BCUT2D eigenvalue weighted by Crippen LogP contribution is -2.25. The van der Waals surface area contributed by atoms with Gasteiger partial charge in [-0.1, -0.05) is 58.8 Å². The van der Waals surface area contributed by atoms with Crippen molar-refractivity contribution in [1.29, 1.82) is 0 Å². The maximum absolute atomic E-state index is 10.1. The first-order valence-electron chi connectivity index (χ1n) is 7.46. The van der Waals surface area contributed by atoms with Gasteiger partial charge in [-0.25, -0.2) is 0 Å². The van der Waals surface area contributed by atoms with Gasteiger partial charge >= 0.3 is 0 Å². The zero-order valence-electron chi connectivity index (χ0n) is 11.3. The van der Waals surface area contributed by atoms with Crippen molar-refractivity contribution in [2.45, 2.75) is 84.2 Å². The lowest BCUT2D eigenvalue weighted by Gasteiger charge is -2.31. The van der Waals surface area contributed by atoms with Gasteiger partial charge in [-0.05, 0) is 31.1 Å². The number of aliphatic hydroxyl groups excluding tert-OH is 1. The van der Waals surface area contributed by atoms with E-state index >= 15 is 0 Å². The summed E-state index contributed by atoms with van der Waals surface area (Å²) in [5, 5.41) is 10.1. The molecule has 0 heterocycles. The van der Waals surface area contributed by atoms with Gasteiger partial charge in [-0.15, -0.1) is 0 Å². The Kier molecular flexibility index (Phi) is 7.11. The Balaban J connectivity index is 2.14. The standard InChI is InChI=1S/C15H30O/c1-3-5-6-8-15(16)14-11-9-13(7-4-2)10-12-14/h13-16H,3-12H2,1-2H3. The topological polar surface area (TPSA) is 20.2 Å². The van der Waals surface area contributed by atoms with E-state index in [0.717, 1.165) is 12.3 Å². The lowest BCUT2D eigenvalue weighted by atomic mass is 9.77. The quantitative estimate of drug-likeness (QED) is 0.632. The van der Waals surface area contributed by atoms with Crippen LogP contribution in [0.4, 0.5) is 0 Å². The van der Waals surface area contributed by atoms with Crippen LogP contribution in [0.3, 0.4) is 0 Å². The number of aliphatic hydroxyl groups is 1. The summed E-state index contributed by atoms with van der Waals surface area (Å²) >= 11 is 0. The first-order chi connectivity index (χ1) is 7.77. The highest BCUT2D eigenvalue weighted by molar-refractivity contribution is 4.77. The molecule has 0 aromatic rings. The molecule has 0 aromatic carbocycles. The zero-order chi connectivity index (χ0) is 11.8. The zero-order valence-corrected chi connectivity index (χ0v) is 11.3. The Morgan fingerprint density at radius 2 is 1.69 bits per heavy atom. The second-order valence-corrected chi connectivity index (χ2v) is 5.63. The van der Waals surface area contributed by atoms with E-state index in [1.165, 1.54) is 57.8 Å². The van der Waals surface area contributed by atoms with Crippen molar-refractivity contribution in [3.05, 3.63) is 0 Å². The monoisotopic (exact) mass is 226 g/mol. The van der Waals surface area contributed by atoms with Gasteiger partial charge in [0.2, 0.25) is 0 Å². The third-order valence-corrected chi connectivity index (χ3v) is 4.24. The molecule has 1 rings (SSSR count). The first-order valence-corrected chi connectivity index (χ1v) is 7.46. The van der Waals surface area contributed by atoms with E-state index in [4.69, 9.17) is 0 Å². The molecule has 1 saturated carbocycles. The van der Waals surface area contributed by atoms with Gasteiger partial charge in [0, 0.05) is 0 Å². The summed E-state index contributed by atoms with van der Waals surface area (Å²) in [5.74, 6) is 1.58. The smallest absolute Gasteiger partial charge is 0.0568 e. The summed E-state index contributed by atoms with van der Waals surface area (Å²) < 4.78 is 0. The van der Waals surface area contributed by atoms with Crippen molar-refractivity contribution in [2.75, 3.05) is 0 Å². The van der Waals surface area contributed by atoms with Crippen LogP contribution in [0.2, 0.25) is 0 Å². The van der Waals surface area contributed by atoms with Crippen molar-refractivity contribution in [3.8, 4) is 0 Å². The Morgan fingerprint density at radius 1 is 1.00 bits per heavy atom. The summed E-state index contributed by atoms with van der Waals surface area (Å²) in [6, 6.07) is 0. The van der Waals surface area contributed by atoms with Crippen LogP contribution >= 0.6 is 0 Å². The maximum Gasteiger partial charge on any atom is 0.0568 e. The Hall–Kier alpha value is -0.0400. The number of unbranched alkanes of at least 4 members (excludes halogenated alkanes) is 2. The molecule has 0 radical (unpaired) electrons. The molecule has 0 aromatic heterocycles. The highest BCUT2D eigenvalue weighted by Gasteiger charge is 2.25. The van der Waals surface area contributed by atoms with Crippen LogP contribution in [0.25, 0.3) is 0 Å². The summed E-state index contributed by atoms with van der Waals surface area (Å²) in [6.45, 7) is 4.51. The van der Waals surface area contributed by atoms with Crippen molar-refractivity contribution < 1.29 is 5.11 Å². The van der Waals surface area contributed by atoms with E-state index < -0.39 is 0 Å². The molecule has 96 valence electrons. The summed E-state index contributed by atoms with van der Waals surface area (Å²) in [5.41, 5.74) is 0. The van der Waals surface area contributed by atoms with Crippen LogP contribution in [0.15, 0.2) is 0 Å². The summed E-state index contributed by atoms with van der Waals surface area (Å²) in [7, 11) is 0. The SMILES string of the molecule is CCCCCC(O)C1CCC(CCC)CC1. The van der Waals surface area contributed by atoms with Crippen LogP contribution < -0.4 is 0 Å². The van der Waals surface area contributed by atoms with Gasteiger partial charge < -0.3 is 5.11 Å². The van der Waals surface area contributed by atoms with E-state index in [1.54, 1.807) is 0 Å². The van der Waals surface area contributed by atoms with Crippen LogP contribution in [-0.4, -0.2) is 11.2 Å². The molecule has 1 atom stereocenters. The Bertz CT molecular complexity index is 159. The molecule has 1 nitrogen and oxygen atoms in total. The molecule has 16 heavy (non-hydrogen) atoms. The fourth-order valence-electron chi connectivity index (χ4n) is 3.11. The Labute approximate surface area is 102 Å². The fraction of sp³-hybridized carbons (Fsp3) is 1.00. The normalized spacial score (nSPS) is 27.9. The van der Waals surface area contributed by atoms with Crippen molar-refractivity contribution in [3.63, 3.8) is 0 Å². The lowest BCUT2D eigenvalue weighted by molar-refractivity contribution is 0.0637. The van der Waals surface area contributed by atoms with Crippen LogP contribution in [-0.2, 0) is 0 Å². The average molecular weight is 226 g/mol. The molecular formula is C15H30O. The summed E-state index contributed by atoms with van der Waals surface area (Å²) in [6.07, 6.45) is 12.8. The minimum absolute atomic E-state index is 0.00544. The molecule has 1 aliphatic rings. The second kappa shape index (κ2) is 8.11. The highest BCUT2D eigenvalue weighted by Crippen LogP contribution is 2.34. The van der Waals surface area contributed by atoms with Gasteiger partial charge in [0.1, 0.15) is 0 Å². The number of hydrogen-bond acceptors (Lipinski definition) is 1. The third kappa shape index (κ3) is 4.86. The van der Waals surface area contributed by atoms with Gasteiger partial charge in [0.25, 0.3) is 0 Å². The van der Waals surface area contributed by atoms with E-state index in [9.17, 15) is 5.11 Å². The molecule has 1 unspecified atom stereocenters. The van der Waals surface area contributed by atoms with Crippen LogP contribution in [0, 0.1) is 11.8 Å². The van der Waals surface area contributed by atoms with Gasteiger partial charge in [0.05, 0.1) is 6.10 Å². The van der Waals surface area contributed by atoms with Crippen molar-refractivity contribution >= 4 is 0 Å². The van der Waals surface area contributed by atoms with Gasteiger partial charge in [-0.2, -0.15) is 0 Å². The third-order valence-electron chi connectivity index (χ3n) is 4.24. The second-order valence-electron chi connectivity index (χ2n) is 5.63. The van der Waals surface area contributed by atoms with E-state index in [2.05, 4.69) is 13.8 Å². The van der Waals surface area contributed by atoms with Crippen LogP contribution in [0.5, 0.6) is 0 Å². The molecule has 0 bridgehead atoms.